The third-order valence-electron chi connectivity index (χ3n) is 8.52. The monoisotopic (exact) mass is 628 g/mol. The highest BCUT2D eigenvalue weighted by molar-refractivity contribution is 7.91. The van der Waals surface area contributed by atoms with Crippen LogP contribution in [0.5, 0.6) is 0 Å². The van der Waals surface area contributed by atoms with Gasteiger partial charge in [0.15, 0.2) is 9.84 Å². The Bertz CT molecular complexity index is 1460. The summed E-state index contributed by atoms with van der Waals surface area (Å²) < 4.78 is 40.8. The van der Waals surface area contributed by atoms with Crippen molar-refractivity contribution < 1.29 is 17.6 Å². The second kappa shape index (κ2) is 15.3. The topological polar surface area (TPSA) is 52.6 Å². The average molecular weight is 629 g/mol. The van der Waals surface area contributed by atoms with Crippen molar-refractivity contribution in [2.24, 2.45) is 11.8 Å². The van der Waals surface area contributed by atoms with Crippen LogP contribution in [0.3, 0.4) is 0 Å². The molecule has 4 nitrogen and oxygen atoms in total. The molecule has 2 atom stereocenters. The van der Waals surface area contributed by atoms with E-state index in [4.69, 9.17) is 9.16 Å². The second-order valence-corrected chi connectivity index (χ2v) is 19.3. The zero-order valence-corrected chi connectivity index (χ0v) is 28.7. The first-order valence-corrected chi connectivity index (χ1v) is 19.3. The molecule has 0 bridgehead atoms. The highest BCUT2D eigenvalue weighted by Crippen LogP contribution is 2.37. The van der Waals surface area contributed by atoms with Gasteiger partial charge in [-0.25, -0.2) is 8.42 Å². The molecule has 4 rings (SSSR count). The summed E-state index contributed by atoms with van der Waals surface area (Å²) in [6, 6.07) is 40.2. The third-order valence-corrected chi connectivity index (χ3v) is 15.4. The molecule has 0 saturated carbocycles. The van der Waals surface area contributed by atoms with E-state index in [1.54, 1.807) is 24.3 Å². The van der Waals surface area contributed by atoms with Gasteiger partial charge in [-0.2, -0.15) is 0 Å². The van der Waals surface area contributed by atoms with Gasteiger partial charge in [-0.15, -0.1) is 0 Å². The Morgan fingerprint density at radius 1 is 0.705 bits per heavy atom. The predicted octanol–water partition coefficient (Wildman–Crippen LogP) is 7.67. The van der Waals surface area contributed by atoms with Crippen LogP contribution in [0.4, 0.5) is 0 Å². The maximum absolute atomic E-state index is 13.5. The van der Waals surface area contributed by atoms with Crippen molar-refractivity contribution in [3.05, 3.63) is 127 Å². The van der Waals surface area contributed by atoms with Crippen LogP contribution in [-0.2, 0) is 25.6 Å². The molecular weight excluding hydrogens is 581 g/mol. The van der Waals surface area contributed by atoms with E-state index in [9.17, 15) is 8.42 Å². The summed E-state index contributed by atoms with van der Waals surface area (Å²) in [6.45, 7) is 12.1. The van der Waals surface area contributed by atoms with Crippen molar-refractivity contribution in [3.63, 3.8) is 0 Å². The van der Waals surface area contributed by atoms with Gasteiger partial charge >= 0.3 is 0 Å². The molecule has 4 aromatic rings. The number of rotatable bonds is 15. The molecule has 0 aromatic heterocycles. The standard InChI is InChI=1S/C38H48O4SSi/c1-31(2)36(30-43(39,40)33-21-12-7-13-22-33)37(41-29-32-19-10-6-11-20-32)27-18-28-42-44(38(3,4)5,34-23-14-8-15-24-34)35-25-16-9-17-26-35/h6-17,19-26,31,36-37H,18,27-30H2,1-5H3/t36-,37-/m1/s1. The van der Waals surface area contributed by atoms with Gasteiger partial charge in [0.2, 0.25) is 0 Å². The zero-order chi connectivity index (χ0) is 31.6. The predicted molar refractivity (Wildman–Crippen MR) is 185 cm³/mol. The van der Waals surface area contributed by atoms with Crippen LogP contribution in [0.25, 0.3) is 0 Å². The molecular formula is C38H48O4SSi. The summed E-state index contributed by atoms with van der Waals surface area (Å²) in [4.78, 5) is 0.363. The van der Waals surface area contributed by atoms with Crippen molar-refractivity contribution in [1.82, 2.24) is 0 Å². The summed E-state index contributed by atoms with van der Waals surface area (Å²) in [5, 5.41) is 2.40. The molecule has 0 heterocycles. The smallest absolute Gasteiger partial charge is 0.261 e. The summed E-state index contributed by atoms with van der Waals surface area (Å²) in [5.41, 5.74) is 1.08. The fraction of sp³-hybridized carbons (Fsp3) is 0.368. The van der Waals surface area contributed by atoms with Crippen LogP contribution in [0.15, 0.2) is 126 Å². The number of hydrogen-bond donors (Lipinski definition) is 0. The minimum absolute atomic E-state index is 0.0453. The first-order valence-electron chi connectivity index (χ1n) is 15.7. The lowest BCUT2D eigenvalue weighted by atomic mass is 9.89. The molecule has 44 heavy (non-hydrogen) atoms. The minimum atomic E-state index is -3.48. The Balaban J connectivity index is 1.58. The molecule has 0 unspecified atom stereocenters. The van der Waals surface area contributed by atoms with Gasteiger partial charge in [0, 0.05) is 12.5 Å². The molecule has 0 aliphatic rings. The van der Waals surface area contributed by atoms with E-state index < -0.39 is 18.2 Å². The lowest BCUT2D eigenvalue weighted by molar-refractivity contribution is -0.0143. The number of sulfone groups is 1. The number of ether oxygens (including phenoxy) is 1. The van der Waals surface area contributed by atoms with Gasteiger partial charge in [-0.05, 0) is 51.9 Å². The van der Waals surface area contributed by atoms with E-state index in [1.807, 2.05) is 36.4 Å². The fourth-order valence-electron chi connectivity index (χ4n) is 6.18. The van der Waals surface area contributed by atoms with Crippen molar-refractivity contribution in [2.75, 3.05) is 12.4 Å². The quantitative estimate of drug-likeness (QED) is 0.100. The van der Waals surface area contributed by atoms with Gasteiger partial charge in [0.25, 0.3) is 8.32 Å². The molecule has 0 fully saturated rings. The van der Waals surface area contributed by atoms with Crippen LogP contribution in [-0.4, -0.2) is 35.2 Å². The van der Waals surface area contributed by atoms with Gasteiger partial charge < -0.3 is 9.16 Å². The van der Waals surface area contributed by atoms with Gasteiger partial charge in [0.1, 0.15) is 0 Å². The molecule has 0 radical (unpaired) electrons. The Kier molecular flexibility index (Phi) is 11.8. The van der Waals surface area contributed by atoms with E-state index >= 15 is 0 Å². The van der Waals surface area contributed by atoms with Crippen LogP contribution >= 0.6 is 0 Å². The number of benzene rings is 4. The highest BCUT2D eigenvalue weighted by atomic mass is 32.2. The Morgan fingerprint density at radius 3 is 1.66 bits per heavy atom. The van der Waals surface area contributed by atoms with Crippen molar-refractivity contribution in [1.29, 1.82) is 0 Å². The molecule has 0 saturated heterocycles. The van der Waals surface area contributed by atoms with Crippen LogP contribution in [0.1, 0.15) is 53.0 Å². The molecule has 6 heteroatoms. The lowest BCUT2D eigenvalue weighted by Gasteiger charge is -2.43. The van der Waals surface area contributed by atoms with Crippen LogP contribution in [0.2, 0.25) is 5.04 Å². The van der Waals surface area contributed by atoms with E-state index in [1.165, 1.54) is 10.4 Å². The van der Waals surface area contributed by atoms with Gasteiger partial charge in [0.05, 0.1) is 23.4 Å². The van der Waals surface area contributed by atoms with Gasteiger partial charge in [-0.3, -0.25) is 0 Å². The van der Waals surface area contributed by atoms with E-state index in [0.29, 0.717) is 24.5 Å². The maximum atomic E-state index is 13.5. The summed E-state index contributed by atoms with van der Waals surface area (Å²) in [6.07, 6.45) is 1.23. The van der Waals surface area contributed by atoms with Crippen molar-refractivity contribution in [3.8, 4) is 0 Å². The minimum Gasteiger partial charge on any atom is -0.407 e. The molecule has 234 valence electrons. The second-order valence-electron chi connectivity index (χ2n) is 13.0. The summed E-state index contributed by atoms with van der Waals surface area (Å²) in [5.74, 6) is -0.00684. The Labute approximate surface area is 266 Å². The van der Waals surface area contributed by atoms with E-state index in [-0.39, 0.29) is 28.7 Å². The zero-order valence-electron chi connectivity index (χ0n) is 26.9. The largest absolute Gasteiger partial charge is 0.407 e. The van der Waals surface area contributed by atoms with Crippen molar-refractivity contribution >= 4 is 28.5 Å². The molecule has 0 aliphatic carbocycles. The first kappa shape index (κ1) is 33.9. The Morgan fingerprint density at radius 2 is 1.18 bits per heavy atom. The van der Waals surface area contributed by atoms with E-state index in [2.05, 4.69) is 95.3 Å². The highest BCUT2D eigenvalue weighted by Gasteiger charge is 2.50. The van der Waals surface area contributed by atoms with Crippen LogP contribution in [0, 0.1) is 11.8 Å². The lowest BCUT2D eigenvalue weighted by Crippen LogP contribution is -2.66. The fourth-order valence-corrected chi connectivity index (χ4v) is 12.7. The summed E-state index contributed by atoms with van der Waals surface area (Å²) >= 11 is 0. The maximum Gasteiger partial charge on any atom is 0.261 e. The SMILES string of the molecule is CC(C)[C@@H](CS(=O)(=O)c1ccccc1)[C@@H](CCCO[Si](c1ccccc1)(c1ccccc1)C(C)(C)C)OCc1ccccc1. The average Bonchev–Trinajstić information content (AvgIpc) is 3.02. The normalized spacial score (nSPS) is 14.0. The van der Waals surface area contributed by atoms with Gasteiger partial charge in [-0.1, -0.05) is 144 Å². The molecule has 0 aliphatic heterocycles. The molecule has 0 N–H and O–H groups in total. The summed E-state index contributed by atoms with van der Waals surface area (Å²) in [7, 11) is -6.14. The third kappa shape index (κ3) is 8.36. The Hall–Kier alpha value is -3.03. The molecule has 4 aromatic carbocycles. The number of hydrogen-bond acceptors (Lipinski definition) is 4. The van der Waals surface area contributed by atoms with Crippen LogP contribution < -0.4 is 10.4 Å². The molecule has 0 spiro atoms. The molecule has 0 amide bonds. The first-order chi connectivity index (χ1) is 21.0. The van der Waals surface area contributed by atoms with Crippen molar-refractivity contribution in [2.45, 2.75) is 70.1 Å². The van der Waals surface area contributed by atoms with E-state index in [0.717, 1.165) is 12.0 Å².